The van der Waals surface area contributed by atoms with Crippen LogP contribution >= 0.6 is 0 Å². The van der Waals surface area contributed by atoms with Crippen LogP contribution in [-0.2, 0) is 14.9 Å². The Morgan fingerprint density at radius 1 is 1.38 bits per heavy atom. The third-order valence-electron chi connectivity index (χ3n) is 2.68. The first kappa shape index (κ1) is 19.3. The predicted molar refractivity (Wildman–Crippen MR) is 87.4 cm³/mol. The van der Waals surface area contributed by atoms with E-state index in [2.05, 4.69) is 11.1 Å². The van der Waals surface area contributed by atoms with E-state index in [9.17, 15) is 13.2 Å². The fraction of sp³-hybridized carbons (Fsp3) is 0.214. The minimum atomic E-state index is -3.67. The van der Waals surface area contributed by atoms with Crippen LogP contribution in [0.1, 0.15) is 15.9 Å². The van der Waals surface area contributed by atoms with E-state index < -0.39 is 16.0 Å². The zero-order chi connectivity index (χ0) is 18.3. The second kappa shape index (κ2) is 8.21. The molecule has 0 radical (unpaired) electrons. The zero-order valence-corrected chi connectivity index (χ0v) is 13.6. The summed E-state index contributed by atoms with van der Waals surface area (Å²) in [6.07, 6.45) is 0.715. The first-order valence-corrected chi connectivity index (χ1v) is 8.33. The summed E-state index contributed by atoms with van der Waals surface area (Å²) in [5.74, 6) is -0.795. The van der Waals surface area contributed by atoms with Crippen LogP contribution < -0.4 is 11.5 Å². The Kier molecular flexibility index (Phi) is 6.60. The van der Waals surface area contributed by atoms with E-state index in [1.54, 1.807) is 18.2 Å². The third kappa shape index (κ3) is 6.57. The monoisotopic (exact) mass is 352 g/mol. The van der Waals surface area contributed by atoms with E-state index in [1.165, 1.54) is 0 Å². The second-order valence-electron chi connectivity index (χ2n) is 4.72. The summed E-state index contributed by atoms with van der Waals surface area (Å²) in [6.45, 7) is 0.667. The molecule has 128 valence electrons. The molecule has 0 aromatic heterocycles. The van der Waals surface area contributed by atoms with Crippen molar-refractivity contribution in [2.24, 2.45) is 16.5 Å². The largest absolute Gasteiger partial charge is 0.371 e. The molecular weight excluding hydrogens is 336 g/mol. The van der Waals surface area contributed by atoms with Crippen LogP contribution in [0.15, 0.2) is 34.8 Å². The lowest BCUT2D eigenvalue weighted by Crippen LogP contribution is -2.24. The van der Waals surface area contributed by atoms with Gasteiger partial charge in [-0.05, 0) is 17.7 Å². The Morgan fingerprint density at radius 2 is 2.00 bits per heavy atom. The molecule has 1 amide bonds. The summed E-state index contributed by atoms with van der Waals surface area (Å²) in [7, 11) is -3.67. The summed E-state index contributed by atoms with van der Waals surface area (Å²) in [6, 6.07) is 8.88. The van der Waals surface area contributed by atoms with Crippen molar-refractivity contribution in [2.75, 3.05) is 19.5 Å². The molecule has 10 heteroatoms. The molecule has 0 saturated heterocycles. The van der Waals surface area contributed by atoms with Gasteiger partial charge in [-0.3, -0.25) is 9.35 Å². The lowest BCUT2D eigenvalue weighted by atomic mass is 10.0. The topological polar surface area (TPSA) is 169 Å². The van der Waals surface area contributed by atoms with E-state index in [4.69, 9.17) is 26.0 Å². The Labute approximate surface area is 139 Å². The lowest BCUT2D eigenvalue weighted by molar-refractivity contribution is 0.100. The van der Waals surface area contributed by atoms with E-state index in [1.807, 2.05) is 6.07 Å². The Bertz CT molecular complexity index is 825. The number of carbonyl (C=O) groups excluding carboxylic acids is 1. The number of hydrogen-bond donors (Lipinski definition) is 3. The van der Waals surface area contributed by atoms with E-state index >= 15 is 0 Å². The highest BCUT2D eigenvalue weighted by Crippen LogP contribution is 2.25. The van der Waals surface area contributed by atoms with Crippen LogP contribution in [0.2, 0.25) is 0 Å². The van der Waals surface area contributed by atoms with Crippen molar-refractivity contribution in [3.8, 4) is 6.07 Å². The van der Waals surface area contributed by atoms with Crippen molar-refractivity contribution >= 4 is 27.6 Å². The highest BCUT2D eigenvalue weighted by molar-refractivity contribution is 7.85. The number of nitrogens with zero attached hydrogens (tertiary/aromatic N) is 2. The zero-order valence-electron chi connectivity index (χ0n) is 12.8. The Hall–Kier alpha value is -2.74. The molecule has 1 aliphatic rings. The van der Waals surface area contributed by atoms with Gasteiger partial charge < -0.3 is 16.2 Å². The maximum Gasteiger partial charge on any atom is 0.280 e. The minimum Gasteiger partial charge on any atom is -0.371 e. The van der Waals surface area contributed by atoms with Crippen molar-refractivity contribution in [2.45, 2.75) is 0 Å². The normalized spacial score (nSPS) is 13.5. The maximum absolute atomic E-state index is 11.7. The molecule has 0 atom stereocenters. The average Bonchev–Trinajstić information content (AvgIpc) is 2.93. The number of nitriles is 1. The summed E-state index contributed by atoms with van der Waals surface area (Å²) in [4.78, 5) is 15.2. The second-order valence-corrected chi connectivity index (χ2v) is 6.18. The molecule has 1 heterocycles. The van der Waals surface area contributed by atoms with Crippen LogP contribution in [0.3, 0.4) is 0 Å². The van der Waals surface area contributed by atoms with Gasteiger partial charge >= 0.3 is 0 Å². The minimum absolute atomic E-state index is 0.281. The molecule has 9 nitrogen and oxygen atoms in total. The highest BCUT2D eigenvalue weighted by atomic mass is 32.2. The summed E-state index contributed by atoms with van der Waals surface area (Å²) >= 11 is 0. The number of hydrogen-bond acceptors (Lipinski definition) is 5. The van der Waals surface area contributed by atoms with Crippen molar-refractivity contribution < 1.29 is 22.5 Å². The predicted octanol–water partition coefficient (Wildman–Crippen LogP) is -0.0884. The van der Waals surface area contributed by atoms with Gasteiger partial charge in [0.1, 0.15) is 0 Å². The lowest BCUT2D eigenvalue weighted by Gasteiger charge is -2.04. The van der Waals surface area contributed by atoms with Gasteiger partial charge in [-0.1, -0.05) is 12.1 Å². The molecule has 2 rings (SSSR count). The molecule has 0 bridgehead atoms. The number of guanidine groups is 1. The van der Waals surface area contributed by atoms with Gasteiger partial charge in [-0.25, -0.2) is 0 Å². The van der Waals surface area contributed by atoms with Crippen LogP contribution in [0.5, 0.6) is 0 Å². The molecule has 0 aliphatic carbocycles. The smallest absolute Gasteiger partial charge is 0.280 e. The first-order valence-electron chi connectivity index (χ1n) is 6.48. The van der Waals surface area contributed by atoms with Crippen molar-refractivity contribution in [3.05, 3.63) is 41.0 Å². The SMILES string of the molecule is CS(=O)(=O)O.N#CC1=C(c2cccc(C(=O)N=C(N)N)c2)COC1. The maximum atomic E-state index is 11.7. The molecule has 1 aromatic carbocycles. The number of carbonyl (C=O) groups is 1. The van der Waals surface area contributed by atoms with Crippen molar-refractivity contribution in [1.29, 1.82) is 5.26 Å². The fourth-order valence-corrected chi connectivity index (χ4v) is 1.81. The standard InChI is InChI=1S/C13H12N4O2.CH4O3S/c14-5-10-6-19-7-11(10)8-2-1-3-9(4-8)12(18)17-13(15)16;1-5(2,3)4/h1-4H,6-7H2,(H4,15,16,17,18);1H3,(H,2,3,4). The van der Waals surface area contributed by atoms with Crippen LogP contribution in [0, 0.1) is 11.3 Å². The van der Waals surface area contributed by atoms with Crippen LogP contribution in [-0.4, -0.2) is 44.3 Å². The summed E-state index contributed by atoms with van der Waals surface area (Å²) < 4.78 is 31.1. The van der Waals surface area contributed by atoms with Gasteiger partial charge in [-0.2, -0.15) is 18.7 Å². The number of nitrogens with two attached hydrogens (primary N) is 2. The van der Waals surface area contributed by atoms with Gasteiger partial charge in [0.15, 0.2) is 5.96 Å². The van der Waals surface area contributed by atoms with Crippen LogP contribution in [0.4, 0.5) is 0 Å². The first-order chi connectivity index (χ1) is 11.1. The Balaban J connectivity index is 0.000000505. The fourth-order valence-electron chi connectivity index (χ4n) is 1.81. The van der Waals surface area contributed by atoms with Gasteiger partial charge in [0, 0.05) is 11.1 Å². The van der Waals surface area contributed by atoms with Gasteiger partial charge in [0.05, 0.1) is 31.1 Å². The van der Waals surface area contributed by atoms with Crippen molar-refractivity contribution in [3.63, 3.8) is 0 Å². The molecule has 0 fully saturated rings. The molecule has 5 N–H and O–H groups in total. The summed E-state index contributed by atoms with van der Waals surface area (Å²) in [5.41, 5.74) is 12.8. The molecule has 1 aromatic rings. The quantitative estimate of drug-likeness (QED) is 0.377. The van der Waals surface area contributed by atoms with Gasteiger partial charge in [-0.15, -0.1) is 0 Å². The molecule has 24 heavy (non-hydrogen) atoms. The van der Waals surface area contributed by atoms with Crippen LogP contribution in [0.25, 0.3) is 5.57 Å². The molecule has 0 saturated carbocycles. The number of aliphatic imine (C=N–C) groups is 1. The third-order valence-corrected chi connectivity index (χ3v) is 2.68. The number of benzene rings is 1. The molecule has 0 unspecified atom stereocenters. The van der Waals surface area contributed by atoms with E-state index in [0.717, 1.165) is 11.1 Å². The van der Waals surface area contributed by atoms with Crippen molar-refractivity contribution in [1.82, 2.24) is 0 Å². The molecule has 1 aliphatic heterocycles. The van der Waals surface area contributed by atoms with Gasteiger partial charge in [0.2, 0.25) is 0 Å². The average molecular weight is 352 g/mol. The highest BCUT2D eigenvalue weighted by Gasteiger charge is 2.17. The Morgan fingerprint density at radius 3 is 2.54 bits per heavy atom. The molecule has 0 spiro atoms. The number of rotatable bonds is 2. The van der Waals surface area contributed by atoms with Gasteiger partial charge in [0.25, 0.3) is 16.0 Å². The summed E-state index contributed by atoms with van der Waals surface area (Å²) in [5, 5.41) is 8.99. The number of amides is 1. The molecular formula is C14H16N4O5S. The number of ether oxygens (including phenoxy) is 1. The van der Waals surface area contributed by atoms with E-state index in [0.29, 0.717) is 30.6 Å². The van der Waals surface area contributed by atoms with E-state index in [-0.39, 0.29) is 5.96 Å².